The molecule has 0 saturated carbocycles. The van der Waals surface area contributed by atoms with Gasteiger partial charge in [0.05, 0.1) is 6.61 Å². The highest BCUT2D eigenvalue weighted by molar-refractivity contribution is 5.77. The van der Waals surface area contributed by atoms with Crippen molar-refractivity contribution in [2.45, 2.75) is 33.3 Å². The summed E-state index contributed by atoms with van der Waals surface area (Å²) < 4.78 is 10.6. The van der Waals surface area contributed by atoms with Gasteiger partial charge in [-0.25, -0.2) is 4.79 Å². The second-order valence-corrected chi connectivity index (χ2v) is 4.06. The average Bonchev–Trinajstić information content (AvgIpc) is 2.69. The third-order valence-corrected chi connectivity index (χ3v) is 2.97. The molecule has 1 aliphatic rings. The van der Waals surface area contributed by atoms with E-state index in [9.17, 15) is 4.79 Å². The lowest BCUT2D eigenvalue weighted by molar-refractivity contribution is -0.150. The summed E-state index contributed by atoms with van der Waals surface area (Å²) in [4.78, 5) is 11.6. The molecular formula is C13H16O3. The van der Waals surface area contributed by atoms with Gasteiger partial charge in [0, 0.05) is 6.42 Å². The standard InChI is InChI=1S/C13H16O3/c1-4-15-13(14)11-7-10-6-5-8(2)9(3)12(10)16-11/h5-6,11H,4,7H2,1-3H3. The van der Waals surface area contributed by atoms with Crippen molar-refractivity contribution < 1.29 is 14.3 Å². The van der Waals surface area contributed by atoms with Gasteiger partial charge in [0.2, 0.25) is 0 Å². The number of carbonyl (C=O) groups excluding carboxylic acids is 1. The third kappa shape index (κ3) is 1.77. The van der Waals surface area contributed by atoms with Crippen LogP contribution in [-0.2, 0) is 16.0 Å². The molecule has 1 unspecified atom stereocenters. The number of benzene rings is 1. The molecule has 1 heterocycles. The first kappa shape index (κ1) is 11.0. The van der Waals surface area contributed by atoms with Crippen LogP contribution in [0.5, 0.6) is 5.75 Å². The Labute approximate surface area is 95.4 Å². The Balaban J connectivity index is 2.21. The molecule has 0 spiro atoms. The van der Waals surface area contributed by atoms with Crippen LogP contribution in [0.2, 0.25) is 0 Å². The number of hydrogen-bond acceptors (Lipinski definition) is 3. The van der Waals surface area contributed by atoms with Crippen molar-refractivity contribution in [2.24, 2.45) is 0 Å². The molecule has 0 saturated heterocycles. The van der Waals surface area contributed by atoms with E-state index in [0.29, 0.717) is 13.0 Å². The highest BCUT2D eigenvalue weighted by Crippen LogP contribution is 2.34. The Morgan fingerprint density at radius 3 is 2.94 bits per heavy atom. The average molecular weight is 220 g/mol. The first-order valence-corrected chi connectivity index (χ1v) is 5.56. The van der Waals surface area contributed by atoms with E-state index in [-0.39, 0.29) is 5.97 Å². The van der Waals surface area contributed by atoms with Crippen LogP contribution in [-0.4, -0.2) is 18.7 Å². The number of hydrogen-bond donors (Lipinski definition) is 0. The quantitative estimate of drug-likeness (QED) is 0.716. The molecule has 0 radical (unpaired) electrons. The Morgan fingerprint density at radius 2 is 2.25 bits per heavy atom. The molecule has 1 aromatic rings. The molecule has 86 valence electrons. The maximum Gasteiger partial charge on any atom is 0.347 e. The largest absolute Gasteiger partial charge is 0.478 e. The summed E-state index contributed by atoms with van der Waals surface area (Å²) in [6.07, 6.45) is 0.158. The van der Waals surface area contributed by atoms with Gasteiger partial charge >= 0.3 is 5.97 Å². The Morgan fingerprint density at radius 1 is 1.50 bits per heavy atom. The van der Waals surface area contributed by atoms with Crippen molar-refractivity contribution in [1.82, 2.24) is 0 Å². The lowest BCUT2D eigenvalue weighted by Gasteiger charge is -2.10. The van der Waals surface area contributed by atoms with Crippen molar-refractivity contribution in [3.05, 3.63) is 28.8 Å². The van der Waals surface area contributed by atoms with Crippen molar-refractivity contribution in [1.29, 1.82) is 0 Å². The molecule has 3 nitrogen and oxygen atoms in total. The summed E-state index contributed by atoms with van der Waals surface area (Å²) in [5.41, 5.74) is 3.40. The zero-order chi connectivity index (χ0) is 11.7. The maximum absolute atomic E-state index is 11.6. The van der Waals surface area contributed by atoms with E-state index in [1.807, 2.05) is 19.9 Å². The van der Waals surface area contributed by atoms with E-state index in [2.05, 4.69) is 6.07 Å². The molecule has 0 amide bonds. The summed E-state index contributed by atoms with van der Waals surface area (Å²) in [5.74, 6) is 0.591. The number of rotatable bonds is 2. The fraction of sp³-hybridized carbons (Fsp3) is 0.462. The summed E-state index contributed by atoms with van der Waals surface area (Å²) in [6.45, 7) is 6.25. The molecule has 0 N–H and O–H groups in total. The molecule has 0 aromatic heterocycles. The lowest BCUT2D eigenvalue weighted by Crippen LogP contribution is -2.27. The van der Waals surface area contributed by atoms with E-state index in [1.165, 1.54) is 5.56 Å². The highest BCUT2D eigenvalue weighted by atomic mass is 16.6. The molecule has 3 heteroatoms. The number of esters is 1. The van der Waals surface area contributed by atoms with Crippen LogP contribution in [0.3, 0.4) is 0 Å². The monoisotopic (exact) mass is 220 g/mol. The lowest BCUT2D eigenvalue weighted by atomic mass is 10.0. The second-order valence-electron chi connectivity index (χ2n) is 4.06. The molecule has 0 fully saturated rings. The van der Waals surface area contributed by atoms with Crippen LogP contribution in [0.1, 0.15) is 23.6 Å². The first-order valence-electron chi connectivity index (χ1n) is 5.56. The molecule has 2 rings (SSSR count). The zero-order valence-electron chi connectivity index (χ0n) is 9.87. The molecular weight excluding hydrogens is 204 g/mol. The Kier molecular flexibility index (Phi) is 2.86. The van der Waals surface area contributed by atoms with Crippen LogP contribution in [0, 0.1) is 13.8 Å². The number of carbonyl (C=O) groups is 1. The van der Waals surface area contributed by atoms with Gasteiger partial charge in [-0.2, -0.15) is 0 Å². The van der Waals surface area contributed by atoms with Gasteiger partial charge in [-0.1, -0.05) is 12.1 Å². The van der Waals surface area contributed by atoms with Crippen LogP contribution in [0.4, 0.5) is 0 Å². The minimum Gasteiger partial charge on any atom is -0.478 e. The Hall–Kier alpha value is -1.51. The van der Waals surface area contributed by atoms with E-state index < -0.39 is 6.10 Å². The van der Waals surface area contributed by atoms with E-state index >= 15 is 0 Å². The van der Waals surface area contributed by atoms with Gasteiger partial charge in [0.15, 0.2) is 6.10 Å². The summed E-state index contributed by atoms with van der Waals surface area (Å²) >= 11 is 0. The summed E-state index contributed by atoms with van der Waals surface area (Å²) in [7, 11) is 0. The first-order chi connectivity index (χ1) is 7.63. The van der Waals surface area contributed by atoms with Crippen LogP contribution in [0.15, 0.2) is 12.1 Å². The van der Waals surface area contributed by atoms with E-state index in [0.717, 1.165) is 16.9 Å². The van der Waals surface area contributed by atoms with Crippen molar-refractivity contribution in [3.8, 4) is 5.75 Å². The fourth-order valence-corrected chi connectivity index (χ4v) is 1.92. The molecule has 0 aliphatic carbocycles. The number of aryl methyl sites for hydroxylation is 1. The topological polar surface area (TPSA) is 35.5 Å². The molecule has 1 aromatic carbocycles. The van der Waals surface area contributed by atoms with Crippen LogP contribution >= 0.6 is 0 Å². The minimum atomic E-state index is -0.463. The second kappa shape index (κ2) is 4.16. The zero-order valence-corrected chi connectivity index (χ0v) is 9.87. The predicted molar refractivity (Wildman–Crippen MR) is 60.7 cm³/mol. The van der Waals surface area contributed by atoms with Gasteiger partial charge < -0.3 is 9.47 Å². The van der Waals surface area contributed by atoms with Gasteiger partial charge in [-0.3, -0.25) is 0 Å². The molecule has 0 bridgehead atoms. The Bertz CT molecular complexity index is 423. The number of fused-ring (bicyclic) bond motifs is 1. The smallest absolute Gasteiger partial charge is 0.347 e. The summed E-state index contributed by atoms with van der Waals surface area (Å²) in [5, 5.41) is 0. The van der Waals surface area contributed by atoms with Crippen molar-refractivity contribution in [2.75, 3.05) is 6.61 Å². The molecule has 1 aliphatic heterocycles. The van der Waals surface area contributed by atoms with Gasteiger partial charge in [0.25, 0.3) is 0 Å². The van der Waals surface area contributed by atoms with Crippen LogP contribution in [0.25, 0.3) is 0 Å². The minimum absolute atomic E-state index is 0.268. The van der Waals surface area contributed by atoms with Gasteiger partial charge in [-0.15, -0.1) is 0 Å². The highest BCUT2D eigenvalue weighted by Gasteiger charge is 2.31. The number of ether oxygens (including phenoxy) is 2. The SMILES string of the molecule is CCOC(=O)C1Cc2ccc(C)c(C)c2O1. The summed E-state index contributed by atoms with van der Waals surface area (Å²) in [6, 6.07) is 4.09. The molecule has 16 heavy (non-hydrogen) atoms. The molecule has 1 atom stereocenters. The normalized spacial score (nSPS) is 17.8. The van der Waals surface area contributed by atoms with Crippen molar-refractivity contribution in [3.63, 3.8) is 0 Å². The fourth-order valence-electron chi connectivity index (χ4n) is 1.92. The maximum atomic E-state index is 11.6. The van der Waals surface area contributed by atoms with E-state index in [1.54, 1.807) is 6.92 Å². The third-order valence-electron chi connectivity index (χ3n) is 2.97. The van der Waals surface area contributed by atoms with Gasteiger partial charge in [0.1, 0.15) is 5.75 Å². The van der Waals surface area contributed by atoms with Crippen LogP contribution < -0.4 is 4.74 Å². The van der Waals surface area contributed by atoms with E-state index in [4.69, 9.17) is 9.47 Å². The van der Waals surface area contributed by atoms with Gasteiger partial charge in [-0.05, 0) is 37.5 Å². The predicted octanol–water partition coefficient (Wildman–Crippen LogP) is 2.17. The van der Waals surface area contributed by atoms with Crippen molar-refractivity contribution >= 4 is 5.97 Å².